The number of ether oxygens (including phenoxy) is 1. The minimum Gasteiger partial charge on any atom is -0.394 e. The molecule has 3 fully saturated rings. The number of benzene rings is 2. The Morgan fingerprint density at radius 3 is 1.78 bits per heavy atom. The first-order valence-corrected chi connectivity index (χ1v) is 23.0. The van der Waals surface area contributed by atoms with Crippen molar-refractivity contribution in [2.45, 2.75) is 144 Å². The van der Waals surface area contributed by atoms with E-state index < -0.39 is 68.3 Å². The van der Waals surface area contributed by atoms with Gasteiger partial charge in [-0.05, 0) is 107 Å². The van der Waals surface area contributed by atoms with Crippen molar-refractivity contribution in [1.82, 2.24) is 9.80 Å². The molecule has 5 rings (SSSR count). The van der Waals surface area contributed by atoms with E-state index in [0.717, 1.165) is 40.9 Å². The molecule has 2 saturated carbocycles. The summed E-state index contributed by atoms with van der Waals surface area (Å²) in [6.07, 6.45) is 1.01. The number of halogens is 4. The Bertz CT molecular complexity index is 1600. The average Bonchev–Trinajstić information content (AvgIpc) is 3.21. The Labute approximate surface area is 374 Å². The van der Waals surface area contributed by atoms with E-state index in [4.69, 9.17) is 9.84 Å². The predicted molar refractivity (Wildman–Crippen MR) is 237 cm³/mol. The molecule has 3 aliphatic rings. The van der Waals surface area contributed by atoms with Crippen molar-refractivity contribution in [2.75, 3.05) is 32.6 Å². The van der Waals surface area contributed by atoms with Crippen molar-refractivity contribution in [3.8, 4) is 0 Å². The van der Waals surface area contributed by atoms with Crippen molar-refractivity contribution in [3.05, 3.63) is 53.3 Å². The Morgan fingerprint density at radius 2 is 1.24 bits per heavy atom. The Balaban J connectivity index is 0.000000257. The second kappa shape index (κ2) is 24.3. The molecule has 58 heavy (non-hydrogen) atoms. The lowest BCUT2D eigenvalue weighted by Gasteiger charge is -2.41. The molecule has 328 valence electrons. The molecule has 0 spiro atoms. The highest BCUT2D eigenvalue weighted by atomic mass is 79.9. The van der Waals surface area contributed by atoms with Crippen LogP contribution < -0.4 is 5.32 Å². The third-order valence-corrected chi connectivity index (χ3v) is 13.4. The van der Waals surface area contributed by atoms with Gasteiger partial charge in [-0.3, -0.25) is 14.8 Å². The molecule has 1 saturated heterocycles. The lowest BCUT2D eigenvalue weighted by molar-refractivity contribution is -0.221. The van der Waals surface area contributed by atoms with Crippen LogP contribution in [-0.2, 0) is 17.8 Å². The number of anilines is 1. The zero-order valence-electron chi connectivity index (χ0n) is 32.9. The largest absolute Gasteiger partial charge is 0.394 e. The first-order valence-electron chi connectivity index (χ1n) is 19.9. The van der Waals surface area contributed by atoms with Gasteiger partial charge in [-0.15, -0.1) is 0 Å². The van der Waals surface area contributed by atoms with E-state index in [2.05, 4.69) is 97.9 Å². The highest BCUT2D eigenvalue weighted by Crippen LogP contribution is 2.37. The van der Waals surface area contributed by atoms with E-state index in [1.165, 1.54) is 64.2 Å². The molecule has 0 amide bonds. The summed E-state index contributed by atoms with van der Waals surface area (Å²) in [4.78, 5) is 9.02. The van der Waals surface area contributed by atoms with Crippen molar-refractivity contribution >= 4 is 81.3 Å². The van der Waals surface area contributed by atoms with Crippen molar-refractivity contribution < 1.29 is 50.7 Å². The monoisotopic (exact) mass is 1070 g/mol. The molecule has 1 heterocycles. The van der Waals surface area contributed by atoms with Crippen molar-refractivity contribution in [3.63, 3.8) is 0 Å². The van der Waals surface area contributed by atoms with Crippen molar-refractivity contribution in [1.29, 1.82) is 0 Å². The van der Waals surface area contributed by atoms with E-state index >= 15 is 0 Å². The smallest absolute Gasteiger partial charge is 0.157 e. The minimum absolute atomic E-state index is 0.456. The number of nitrogens with zero attached hydrogens (tertiary/aromatic N) is 3. The molecule has 14 nitrogen and oxygen atoms in total. The summed E-state index contributed by atoms with van der Waals surface area (Å²) >= 11 is 14.1. The standard InChI is InChI=1S/2C20H30Br2N2O5/c1-24(13-5-3-2-4-6-13)9-11-7-12(21)8-14(22)16(11)23-20-19(28)18(27)17(26)15(10-25)29-20;1-24(14-5-3-2-4-6-14)10-12-7-13(21)8-15(22)18(12)23-9-16(26)19(28)20(29)17(27)11-25/h7-8,13,15,17-20,23,25-28H,2-6,9-10H2,1H3;7-9,14,16-17,19-20,25-29H,2-6,10-11H2,1H3/t15-,17-,18+,19-,20?;16-,17+,19+,20+/m01/s1. The zero-order valence-corrected chi connectivity index (χ0v) is 39.3. The maximum atomic E-state index is 10.4. The van der Waals surface area contributed by atoms with E-state index in [1.807, 2.05) is 24.3 Å². The summed E-state index contributed by atoms with van der Waals surface area (Å²) in [7, 11) is 4.23. The summed E-state index contributed by atoms with van der Waals surface area (Å²) in [6.45, 7) is 0.211. The van der Waals surface area contributed by atoms with Crippen LogP contribution in [0.1, 0.15) is 75.3 Å². The van der Waals surface area contributed by atoms with Gasteiger partial charge in [0.1, 0.15) is 48.8 Å². The zero-order chi connectivity index (χ0) is 42.7. The molecule has 9 atom stereocenters. The third-order valence-electron chi connectivity index (χ3n) is 11.3. The van der Waals surface area contributed by atoms with E-state index in [1.54, 1.807) is 0 Å². The fraction of sp³-hybridized carbons (Fsp3) is 0.675. The summed E-state index contributed by atoms with van der Waals surface area (Å²) in [5.41, 5.74) is 3.34. The molecule has 1 aliphatic heterocycles. The fourth-order valence-electron chi connectivity index (χ4n) is 7.78. The number of aliphatic hydroxyl groups excluding tert-OH is 9. The lowest BCUT2D eigenvalue weighted by atomic mass is 9.94. The van der Waals surface area contributed by atoms with Gasteiger partial charge in [0, 0.05) is 49.3 Å². The molecule has 0 radical (unpaired) electrons. The number of rotatable bonds is 15. The molecule has 10 N–H and O–H groups in total. The van der Waals surface area contributed by atoms with Gasteiger partial charge in [0.15, 0.2) is 6.23 Å². The summed E-state index contributed by atoms with van der Waals surface area (Å²) in [5.74, 6) is 0. The van der Waals surface area contributed by atoms with E-state index in [-0.39, 0.29) is 0 Å². The molecule has 0 aromatic heterocycles. The van der Waals surface area contributed by atoms with E-state index in [9.17, 15) is 40.9 Å². The second-order valence-corrected chi connectivity index (χ2v) is 19.2. The maximum absolute atomic E-state index is 10.4. The topological polar surface area (TPSA) is 222 Å². The molecule has 2 aromatic carbocycles. The highest BCUT2D eigenvalue weighted by molar-refractivity contribution is 9.11. The van der Waals surface area contributed by atoms with Crippen LogP contribution in [0.15, 0.2) is 47.1 Å². The van der Waals surface area contributed by atoms with Crippen LogP contribution in [0.4, 0.5) is 11.4 Å². The van der Waals surface area contributed by atoms with Crippen LogP contribution in [0.25, 0.3) is 0 Å². The Hall–Kier alpha value is -0.650. The quantitative estimate of drug-likeness (QED) is 0.113. The summed E-state index contributed by atoms with van der Waals surface area (Å²) in [6, 6.07) is 8.82. The minimum atomic E-state index is -1.69. The van der Waals surface area contributed by atoms with Gasteiger partial charge in [0.25, 0.3) is 0 Å². The number of nitrogens with one attached hydrogen (secondary N) is 1. The van der Waals surface area contributed by atoms with Gasteiger partial charge in [-0.1, -0.05) is 70.4 Å². The summed E-state index contributed by atoms with van der Waals surface area (Å²) in [5, 5.41) is 91.3. The normalized spacial score (nSPS) is 25.7. The first kappa shape index (κ1) is 50.0. The van der Waals surface area contributed by atoms with Gasteiger partial charge in [-0.2, -0.15) is 0 Å². The molecule has 2 aliphatic carbocycles. The number of aliphatic hydroxyl groups is 9. The van der Waals surface area contributed by atoms with Crippen LogP contribution in [0.3, 0.4) is 0 Å². The fourth-order valence-corrected chi connectivity index (χ4v) is 10.6. The number of hydrogen-bond donors (Lipinski definition) is 10. The van der Waals surface area contributed by atoms with Crippen LogP contribution in [0, 0.1) is 0 Å². The van der Waals surface area contributed by atoms with Crippen LogP contribution in [0.5, 0.6) is 0 Å². The van der Waals surface area contributed by atoms with E-state index in [0.29, 0.717) is 30.9 Å². The predicted octanol–water partition coefficient (Wildman–Crippen LogP) is 4.30. The SMILES string of the molecule is CN(Cc1cc(Br)cc(Br)c1N=C[C@@H](O)[C@H](O)[C@@H](O)[C@@H](O)CO)C1CCCCC1.CN(Cc1cc(Br)cc(Br)c1NC1O[C@@H](CO)[C@H](O)[C@@H](O)[C@@H]1O)C1CCCCC1. The second-order valence-electron chi connectivity index (χ2n) is 15.6. The highest BCUT2D eigenvalue weighted by Gasteiger charge is 2.44. The van der Waals surface area contributed by atoms with Crippen LogP contribution in [-0.4, -0.2) is 156 Å². The van der Waals surface area contributed by atoms with Crippen LogP contribution in [0.2, 0.25) is 0 Å². The average molecular weight is 1080 g/mol. The number of aliphatic imine (C=N–C) groups is 1. The van der Waals surface area contributed by atoms with Gasteiger partial charge in [0.05, 0.1) is 24.6 Å². The lowest BCUT2D eigenvalue weighted by Crippen LogP contribution is -2.60. The Kier molecular flexibility index (Phi) is 20.9. The first-order chi connectivity index (χ1) is 27.6. The molecular weight excluding hydrogens is 1020 g/mol. The third kappa shape index (κ3) is 13.9. The number of hydrogen-bond acceptors (Lipinski definition) is 14. The van der Waals surface area contributed by atoms with Gasteiger partial charge in [0.2, 0.25) is 0 Å². The van der Waals surface area contributed by atoms with Crippen molar-refractivity contribution in [2.24, 2.45) is 4.99 Å². The van der Waals surface area contributed by atoms with Crippen LogP contribution >= 0.6 is 63.7 Å². The summed E-state index contributed by atoms with van der Waals surface area (Å²) < 4.78 is 8.97. The molecular formula is C40H60Br4N4O10. The van der Waals surface area contributed by atoms with Gasteiger partial charge < -0.3 is 56.0 Å². The molecule has 1 unspecified atom stereocenters. The van der Waals surface area contributed by atoms with Gasteiger partial charge in [-0.25, -0.2) is 0 Å². The molecule has 18 heteroatoms. The Morgan fingerprint density at radius 1 is 0.724 bits per heavy atom. The molecule has 0 bridgehead atoms. The van der Waals surface area contributed by atoms with Gasteiger partial charge >= 0.3 is 0 Å². The maximum Gasteiger partial charge on any atom is 0.157 e. The molecule has 2 aromatic rings.